The van der Waals surface area contributed by atoms with Crippen LogP contribution in [0.3, 0.4) is 0 Å². The molecule has 0 saturated heterocycles. The first-order valence-electron chi connectivity index (χ1n) is 6.22. The number of methoxy groups -OCH3 is 1. The van der Waals surface area contributed by atoms with Crippen LogP contribution in [0.2, 0.25) is 0 Å². The van der Waals surface area contributed by atoms with E-state index >= 15 is 0 Å². The van der Waals surface area contributed by atoms with Crippen LogP contribution in [-0.4, -0.2) is 30.7 Å². The lowest BCUT2D eigenvalue weighted by atomic mass is 9.94. The Morgan fingerprint density at radius 3 is 2.47 bits per heavy atom. The first-order valence-corrected chi connectivity index (χ1v) is 6.66. The molecule has 0 bridgehead atoms. The quantitative estimate of drug-likeness (QED) is 0.755. The van der Waals surface area contributed by atoms with Crippen LogP contribution >= 0.6 is 11.6 Å². The summed E-state index contributed by atoms with van der Waals surface area (Å²) in [5, 5.41) is 4.18. The lowest BCUT2D eigenvalue weighted by Gasteiger charge is -2.30. The van der Waals surface area contributed by atoms with Gasteiger partial charge in [-0.2, -0.15) is 0 Å². The van der Waals surface area contributed by atoms with E-state index in [1.54, 1.807) is 0 Å². The minimum Gasteiger partial charge on any atom is -0.380 e. The van der Waals surface area contributed by atoms with Crippen LogP contribution in [0, 0.1) is 0 Å². The number of hydrogen-bond donors (Lipinski definition) is 1. The molecule has 2 nitrogen and oxygen atoms in total. The monoisotopic (exact) mass is 231 g/mol. The third-order valence-electron chi connectivity index (χ3n) is 3.86. The molecule has 2 unspecified atom stereocenters. The third kappa shape index (κ3) is 3.08. The summed E-state index contributed by atoms with van der Waals surface area (Å²) in [7, 11) is 1.83. The van der Waals surface area contributed by atoms with Gasteiger partial charge in [0, 0.05) is 24.6 Å². The Bertz CT molecular complexity index is 192. The first kappa shape index (κ1) is 11.7. The molecule has 0 heterocycles. The van der Waals surface area contributed by atoms with Crippen molar-refractivity contribution in [3.05, 3.63) is 0 Å². The minimum absolute atomic E-state index is 0.421. The molecule has 2 rings (SSSR count). The van der Waals surface area contributed by atoms with Crippen LogP contribution in [0.15, 0.2) is 0 Å². The molecular formula is C12H22ClNO. The fraction of sp³-hybridized carbons (Fsp3) is 1.00. The standard InChI is InChI=1S/C12H22ClNO/c1-15-12-4-2-3-11(12)14-10-7-5-9(13)6-8-10/h9-12,14H,2-8H2,1H3. The molecule has 1 N–H and O–H groups in total. The molecule has 3 heteroatoms. The van der Waals surface area contributed by atoms with E-state index in [4.69, 9.17) is 16.3 Å². The third-order valence-corrected chi connectivity index (χ3v) is 4.30. The van der Waals surface area contributed by atoms with Gasteiger partial charge in [0.2, 0.25) is 0 Å². The second kappa shape index (κ2) is 5.51. The average molecular weight is 232 g/mol. The molecule has 0 aliphatic heterocycles. The number of hydrogen-bond acceptors (Lipinski definition) is 2. The van der Waals surface area contributed by atoms with Crippen LogP contribution in [0.1, 0.15) is 44.9 Å². The number of rotatable bonds is 3. The fourth-order valence-corrected chi connectivity index (χ4v) is 3.17. The molecule has 15 heavy (non-hydrogen) atoms. The van der Waals surface area contributed by atoms with Crippen molar-refractivity contribution in [3.8, 4) is 0 Å². The summed E-state index contributed by atoms with van der Waals surface area (Å²) in [4.78, 5) is 0. The van der Waals surface area contributed by atoms with Gasteiger partial charge in [-0.25, -0.2) is 0 Å². The van der Waals surface area contributed by atoms with Crippen molar-refractivity contribution in [3.63, 3.8) is 0 Å². The van der Waals surface area contributed by atoms with Crippen LogP contribution < -0.4 is 5.32 Å². The van der Waals surface area contributed by atoms with Gasteiger partial charge in [-0.3, -0.25) is 0 Å². The molecular weight excluding hydrogens is 210 g/mol. The van der Waals surface area contributed by atoms with Crippen LogP contribution in [0.5, 0.6) is 0 Å². The van der Waals surface area contributed by atoms with Crippen LogP contribution in [0.25, 0.3) is 0 Å². The first-order chi connectivity index (χ1) is 7.29. The summed E-state index contributed by atoms with van der Waals surface area (Å²) in [5.41, 5.74) is 0. The molecule has 0 aromatic carbocycles. The summed E-state index contributed by atoms with van der Waals surface area (Å²) >= 11 is 6.10. The maximum atomic E-state index is 6.10. The molecule has 2 atom stereocenters. The summed E-state index contributed by atoms with van der Waals surface area (Å²) in [6.45, 7) is 0. The summed E-state index contributed by atoms with van der Waals surface area (Å²) in [6, 6.07) is 1.27. The maximum absolute atomic E-state index is 6.10. The van der Waals surface area contributed by atoms with E-state index in [-0.39, 0.29) is 0 Å². The van der Waals surface area contributed by atoms with Crippen molar-refractivity contribution in [2.24, 2.45) is 0 Å². The van der Waals surface area contributed by atoms with Crippen LogP contribution in [-0.2, 0) is 4.74 Å². The van der Waals surface area contributed by atoms with E-state index in [0.29, 0.717) is 23.6 Å². The molecule has 2 saturated carbocycles. The van der Waals surface area contributed by atoms with Gasteiger partial charge in [0.15, 0.2) is 0 Å². The molecule has 0 radical (unpaired) electrons. The van der Waals surface area contributed by atoms with E-state index in [1.165, 1.54) is 44.9 Å². The van der Waals surface area contributed by atoms with E-state index in [9.17, 15) is 0 Å². The normalized spacial score (nSPS) is 42.0. The zero-order valence-corrected chi connectivity index (χ0v) is 10.3. The number of ether oxygens (including phenoxy) is 1. The van der Waals surface area contributed by atoms with Crippen LogP contribution in [0.4, 0.5) is 0 Å². The molecule has 2 aliphatic carbocycles. The average Bonchev–Trinajstić information content (AvgIpc) is 2.69. The second-order valence-electron chi connectivity index (χ2n) is 4.93. The smallest absolute Gasteiger partial charge is 0.0724 e. The van der Waals surface area contributed by atoms with E-state index < -0.39 is 0 Å². The predicted octanol–water partition coefficient (Wildman–Crippen LogP) is 2.69. The van der Waals surface area contributed by atoms with Gasteiger partial charge in [-0.05, 0) is 44.9 Å². The van der Waals surface area contributed by atoms with Crippen molar-refractivity contribution in [2.75, 3.05) is 7.11 Å². The van der Waals surface area contributed by atoms with Crippen molar-refractivity contribution in [2.45, 2.75) is 68.5 Å². The van der Waals surface area contributed by atoms with Gasteiger partial charge in [0.25, 0.3) is 0 Å². The van der Waals surface area contributed by atoms with Gasteiger partial charge < -0.3 is 10.1 Å². The van der Waals surface area contributed by atoms with Gasteiger partial charge >= 0.3 is 0 Å². The Morgan fingerprint density at radius 2 is 1.80 bits per heavy atom. The molecule has 2 fully saturated rings. The zero-order valence-electron chi connectivity index (χ0n) is 9.55. The predicted molar refractivity (Wildman–Crippen MR) is 63.5 cm³/mol. The second-order valence-corrected chi connectivity index (χ2v) is 5.54. The summed E-state index contributed by atoms with van der Waals surface area (Å²) in [6.07, 6.45) is 9.06. The highest BCUT2D eigenvalue weighted by Gasteiger charge is 2.30. The van der Waals surface area contributed by atoms with Gasteiger partial charge in [-0.1, -0.05) is 0 Å². The van der Waals surface area contributed by atoms with Crippen molar-refractivity contribution < 1.29 is 4.74 Å². The Kier molecular flexibility index (Phi) is 4.30. The minimum atomic E-state index is 0.421. The summed E-state index contributed by atoms with van der Waals surface area (Å²) < 4.78 is 5.50. The van der Waals surface area contributed by atoms with Crippen molar-refractivity contribution >= 4 is 11.6 Å². The maximum Gasteiger partial charge on any atom is 0.0724 e. The Labute approximate surface area is 97.7 Å². The topological polar surface area (TPSA) is 21.3 Å². The molecule has 88 valence electrons. The van der Waals surface area contributed by atoms with Gasteiger partial charge in [0.1, 0.15) is 0 Å². The number of nitrogens with one attached hydrogen (secondary N) is 1. The van der Waals surface area contributed by atoms with Crippen molar-refractivity contribution in [1.82, 2.24) is 5.32 Å². The number of alkyl halides is 1. The Balaban J connectivity index is 1.76. The highest BCUT2D eigenvalue weighted by atomic mass is 35.5. The molecule has 0 aromatic rings. The van der Waals surface area contributed by atoms with E-state index in [1.807, 2.05) is 7.11 Å². The number of halogens is 1. The molecule has 0 amide bonds. The molecule has 0 spiro atoms. The molecule has 2 aliphatic rings. The largest absolute Gasteiger partial charge is 0.380 e. The Morgan fingerprint density at radius 1 is 1.07 bits per heavy atom. The highest BCUT2D eigenvalue weighted by molar-refractivity contribution is 6.20. The van der Waals surface area contributed by atoms with E-state index in [0.717, 1.165) is 0 Å². The van der Waals surface area contributed by atoms with Gasteiger partial charge in [-0.15, -0.1) is 11.6 Å². The SMILES string of the molecule is COC1CCCC1NC1CCC(Cl)CC1. The zero-order chi connectivity index (χ0) is 10.7. The molecule has 0 aromatic heterocycles. The lowest BCUT2D eigenvalue weighted by Crippen LogP contribution is -2.44. The Hall–Kier alpha value is 0.210. The lowest BCUT2D eigenvalue weighted by molar-refractivity contribution is 0.0792. The fourth-order valence-electron chi connectivity index (χ4n) is 2.92. The van der Waals surface area contributed by atoms with Gasteiger partial charge in [0.05, 0.1) is 6.10 Å². The summed E-state index contributed by atoms with van der Waals surface area (Å²) in [5.74, 6) is 0. The highest BCUT2D eigenvalue weighted by Crippen LogP contribution is 2.27. The van der Waals surface area contributed by atoms with Crippen molar-refractivity contribution in [1.29, 1.82) is 0 Å². The van der Waals surface area contributed by atoms with E-state index in [2.05, 4.69) is 5.32 Å².